The highest BCUT2D eigenvalue weighted by atomic mass is 16.5. The van der Waals surface area contributed by atoms with Crippen LogP contribution >= 0.6 is 0 Å². The highest BCUT2D eigenvalue weighted by Gasteiger charge is 2.30. The fraction of sp³-hybridized carbons (Fsp3) is 0.250. The smallest absolute Gasteiger partial charge is 0.342 e. The number of fused-ring (bicyclic) bond motifs is 1. The molecule has 0 bridgehead atoms. The van der Waals surface area contributed by atoms with Gasteiger partial charge in [-0.3, -0.25) is 9.59 Å². The van der Waals surface area contributed by atoms with E-state index in [9.17, 15) is 19.5 Å². The highest BCUT2D eigenvalue weighted by molar-refractivity contribution is 6.05. The summed E-state index contributed by atoms with van der Waals surface area (Å²) in [6.07, 6.45) is 0.132. The molecule has 0 spiro atoms. The molecule has 1 aliphatic heterocycles. The predicted octanol–water partition coefficient (Wildman–Crippen LogP) is 2.62. The van der Waals surface area contributed by atoms with Crippen molar-refractivity contribution in [3.05, 3.63) is 53.6 Å². The van der Waals surface area contributed by atoms with E-state index in [0.717, 1.165) is 5.56 Å². The normalized spacial score (nSPS) is 16.1. The van der Waals surface area contributed by atoms with E-state index in [1.807, 2.05) is 0 Å². The average Bonchev–Trinajstić information content (AvgIpc) is 2.73. The van der Waals surface area contributed by atoms with Crippen LogP contribution in [-0.4, -0.2) is 35.5 Å². The van der Waals surface area contributed by atoms with E-state index in [2.05, 4.69) is 5.32 Å². The van der Waals surface area contributed by atoms with Crippen LogP contribution in [0, 0.1) is 6.92 Å². The molecule has 2 N–H and O–H groups in total. The van der Waals surface area contributed by atoms with Gasteiger partial charge in [-0.1, -0.05) is 18.2 Å². The fourth-order valence-electron chi connectivity index (χ4n) is 3.06. The lowest BCUT2D eigenvalue weighted by atomic mass is 10.1. The number of phenols is 1. The summed E-state index contributed by atoms with van der Waals surface area (Å²) in [5, 5.41) is 12.6. The molecule has 140 valence electrons. The van der Waals surface area contributed by atoms with Crippen LogP contribution in [0.1, 0.15) is 29.3 Å². The molecular formula is C20H20N2O5. The topological polar surface area (TPSA) is 95.9 Å². The van der Waals surface area contributed by atoms with Crippen molar-refractivity contribution in [1.82, 2.24) is 0 Å². The standard InChI is InChI=1S/C20H20N2O5/c1-12-7-8-14(17(23)9-12)20(26)27-11-19(25)22-13(2)10-18(24)21-15-5-3-4-6-16(15)22/h3-9,13,23H,10-11H2,1-2H3,(H,21,24)/t13-/m1/s1. The third kappa shape index (κ3) is 3.92. The second kappa shape index (κ2) is 7.49. The van der Waals surface area contributed by atoms with E-state index >= 15 is 0 Å². The predicted molar refractivity (Wildman–Crippen MR) is 99.8 cm³/mol. The number of aromatic hydroxyl groups is 1. The number of amides is 2. The fourth-order valence-corrected chi connectivity index (χ4v) is 3.06. The number of para-hydroxylation sites is 2. The third-order valence-electron chi connectivity index (χ3n) is 4.33. The van der Waals surface area contributed by atoms with Gasteiger partial charge in [0.2, 0.25) is 5.91 Å². The quantitative estimate of drug-likeness (QED) is 0.812. The highest BCUT2D eigenvalue weighted by Crippen LogP contribution is 2.31. The van der Waals surface area contributed by atoms with Crippen LogP contribution in [0.4, 0.5) is 11.4 Å². The van der Waals surface area contributed by atoms with Crippen LogP contribution in [0.2, 0.25) is 0 Å². The Labute approximate surface area is 156 Å². The van der Waals surface area contributed by atoms with Crippen LogP contribution in [0.5, 0.6) is 5.75 Å². The Bertz CT molecular complexity index is 909. The summed E-state index contributed by atoms with van der Waals surface area (Å²) in [7, 11) is 0. The third-order valence-corrected chi connectivity index (χ3v) is 4.33. The van der Waals surface area contributed by atoms with Gasteiger partial charge in [0.15, 0.2) is 6.61 Å². The Morgan fingerprint density at radius 3 is 2.74 bits per heavy atom. The van der Waals surface area contributed by atoms with Crippen molar-refractivity contribution in [2.45, 2.75) is 26.3 Å². The molecule has 27 heavy (non-hydrogen) atoms. The minimum Gasteiger partial charge on any atom is -0.507 e. The number of carbonyl (C=O) groups is 3. The van der Waals surface area contributed by atoms with E-state index in [-0.39, 0.29) is 23.6 Å². The van der Waals surface area contributed by atoms with E-state index in [4.69, 9.17) is 4.74 Å². The first-order chi connectivity index (χ1) is 12.9. The first kappa shape index (κ1) is 18.4. The second-order valence-electron chi connectivity index (χ2n) is 6.48. The van der Waals surface area contributed by atoms with Gasteiger partial charge in [0, 0.05) is 12.5 Å². The molecule has 0 aromatic heterocycles. The van der Waals surface area contributed by atoms with E-state index in [1.165, 1.54) is 17.0 Å². The van der Waals surface area contributed by atoms with Crippen LogP contribution in [0.3, 0.4) is 0 Å². The molecule has 7 heteroatoms. The summed E-state index contributed by atoms with van der Waals surface area (Å²) < 4.78 is 5.10. The number of benzene rings is 2. The number of carbonyl (C=O) groups excluding carboxylic acids is 3. The van der Waals surface area contributed by atoms with Crippen LogP contribution in [0.15, 0.2) is 42.5 Å². The Morgan fingerprint density at radius 2 is 2.00 bits per heavy atom. The lowest BCUT2D eigenvalue weighted by Crippen LogP contribution is -2.41. The van der Waals surface area contributed by atoms with E-state index in [1.54, 1.807) is 44.2 Å². The lowest BCUT2D eigenvalue weighted by molar-refractivity contribution is -0.122. The summed E-state index contributed by atoms with van der Waals surface area (Å²) in [6, 6.07) is 11.1. The monoisotopic (exact) mass is 368 g/mol. The van der Waals surface area contributed by atoms with Crippen molar-refractivity contribution in [1.29, 1.82) is 0 Å². The van der Waals surface area contributed by atoms with Crippen molar-refractivity contribution in [2.24, 2.45) is 0 Å². The molecule has 0 unspecified atom stereocenters. The zero-order valence-electron chi connectivity index (χ0n) is 15.1. The van der Waals surface area contributed by atoms with Crippen LogP contribution in [0.25, 0.3) is 0 Å². The molecule has 0 aliphatic carbocycles. The molecule has 0 saturated heterocycles. The Morgan fingerprint density at radius 1 is 1.26 bits per heavy atom. The van der Waals surface area contributed by atoms with Crippen molar-refractivity contribution in [3.8, 4) is 5.75 Å². The average molecular weight is 368 g/mol. The number of aryl methyl sites for hydroxylation is 1. The molecular weight excluding hydrogens is 348 g/mol. The molecule has 1 heterocycles. The number of anilines is 2. The van der Waals surface area contributed by atoms with E-state index < -0.39 is 24.5 Å². The van der Waals surface area contributed by atoms with Crippen molar-refractivity contribution in [3.63, 3.8) is 0 Å². The maximum absolute atomic E-state index is 12.8. The number of nitrogens with one attached hydrogen (secondary N) is 1. The van der Waals surface area contributed by atoms with Gasteiger partial charge < -0.3 is 20.1 Å². The van der Waals surface area contributed by atoms with Gasteiger partial charge in [0.1, 0.15) is 11.3 Å². The maximum Gasteiger partial charge on any atom is 0.342 e. The first-order valence-electron chi connectivity index (χ1n) is 8.54. The SMILES string of the molecule is Cc1ccc(C(=O)OCC(=O)N2c3ccccc3NC(=O)C[C@H]2C)c(O)c1. The molecule has 0 saturated carbocycles. The molecule has 3 rings (SSSR count). The minimum absolute atomic E-state index is 0.00504. The summed E-state index contributed by atoms with van der Waals surface area (Å²) in [5.41, 5.74) is 1.87. The van der Waals surface area contributed by atoms with Gasteiger partial charge in [-0.25, -0.2) is 4.79 Å². The molecule has 2 aromatic rings. The number of hydrogen-bond acceptors (Lipinski definition) is 5. The van der Waals surface area contributed by atoms with Gasteiger partial charge in [-0.2, -0.15) is 0 Å². The lowest BCUT2D eigenvalue weighted by Gasteiger charge is -2.27. The Balaban J connectivity index is 1.77. The molecule has 2 amide bonds. The van der Waals surface area contributed by atoms with Gasteiger partial charge in [0.25, 0.3) is 5.91 Å². The second-order valence-corrected chi connectivity index (χ2v) is 6.48. The number of ether oxygens (including phenoxy) is 1. The van der Waals surface area contributed by atoms with Crippen molar-refractivity contribution < 1.29 is 24.2 Å². The zero-order valence-corrected chi connectivity index (χ0v) is 15.1. The number of nitrogens with zero attached hydrogens (tertiary/aromatic N) is 1. The van der Waals surface area contributed by atoms with Gasteiger partial charge in [0.05, 0.1) is 11.4 Å². The molecule has 0 fully saturated rings. The molecule has 0 radical (unpaired) electrons. The first-order valence-corrected chi connectivity index (χ1v) is 8.54. The minimum atomic E-state index is -0.786. The van der Waals surface area contributed by atoms with Gasteiger partial charge in [-0.05, 0) is 43.7 Å². The zero-order chi connectivity index (χ0) is 19.6. The summed E-state index contributed by atoms with van der Waals surface area (Å²) >= 11 is 0. The number of esters is 1. The molecule has 7 nitrogen and oxygen atoms in total. The van der Waals surface area contributed by atoms with Crippen molar-refractivity contribution >= 4 is 29.2 Å². The van der Waals surface area contributed by atoms with Crippen molar-refractivity contribution in [2.75, 3.05) is 16.8 Å². The molecule has 1 atom stereocenters. The molecule has 2 aromatic carbocycles. The molecule has 1 aliphatic rings. The summed E-state index contributed by atoms with van der Waals surface area (Å²) in [6.45, 7) is 3.04. The van der Waals surface area contributed by atoms with Gasteiger partial charge >= 0.3 is 5.97 Å². The summed E-state index contributed by atoms with van der Waals surface area (Å²) in [5.74, 6) is -1.63. The largest absolute Gasteiger partial charge is 0.507 e. The summed E-state index contributed by atoms with van der Waals surface area (Å²) in [4.78, 5) is 38.4. The maximum atomic E-state index is 12.8. The number of hydrogen-bond donors (Lipinski definition) is 2. The number of phenolic OH excluding ortho intramolecular Hbond substituents is 1. The van der Waals surface area contributed by atoms with Crippen LogP contribution in [-0.2, 0) is 14.3 Å². The van der Waals surface area contributed by atoms with Crippen LogP contribution < -0.4 is 10.2 Å². The number of rotatable bonds is 3. The van der Waals surface area contributed by atoms with E-state index in [0.29, 0.717) is 11.4 Å². The Hall–Kier alpha value is -3.35. The van der Waals surface area contributed by atoms with Gasteiger partial charge in [-0.15, -0.1) is 0 Å². The Kier molecular flexibility index (Phi) is 5.12.